The molecule has 1 saturated heterocycles. The van der Waals surface area contributed by atoms with E-state index in [2.05, 4.69) is 0 Å². The van der Waals surface area contributed by atoms with Crippen molar-refractivity contribution in [1.82, 2.24) is 0 Å². The molecule has 4 nitrogen and oxygen atoms in total. The fraction of sp³-hybridized carbons (Fsp3) is 0.625. The van der Waals surface area contributed by atoms with Crippen LogP contribution in [0.2, 0.25) is 0 Å². The standard InChI is InChI=1S/C16H25BO4/c1-12(10-18)11-19-14-8-6-13(7-9-14)17-20-15(2,3)16(4,5)21-17/h6-9,12,18H,10-11H2,1-5H3. The third-order valence-corrected chi connectivity index (χ3v) is 4.25. The number of hydrogen-bond acceptors (Lipinski definition) is 4. The fourth-order valence-electron chi connectivity index (χ4n) is 1.99. The summed E-state index contributed by atoms with van der Waals surface area (Å²) in [5.74, 6) is 0.920. The van der Waals surface area contributed by atoms with Crippen LogP contribution in [0.5, 0.6) is 5.75 Å². The van der Waals surface area contributed by atoms with Crippen LogP contribution in [-0.4, -0.2) is 36.6 Å². The lowest BCUT2D eigenvalue weighted by atomic mass is 9.79. The molecule has 116 valence electrons. The molecule has 1 atom stereocenters. The van der Waals surface area contributed by atoms with E-state index in [1.165, 1.54) is 0 Å². The lowest BCUT2D eigenvalue weighted by Gasteiger charge is -2.32. The summed E-state index contributed by atoms with van der Waals surface area (Å²) in [4.78, 5) is 0. The first-order chi connectivity index (χ1) is 9.75. The second-order valence-electron chi connectivity index (χ2n) is 6.76. The van der Waals surface area contributed by atoms with Crippen LogP contribution < -0.4 is 10.2 Å². The molecule has 1 aliphatic heterocycles. The van der Waals surface area contributed by atoms with Crippen molar-refractivity contribution in [3.63, 3.8) is 0 Å². The predicted molar refractivity (Wildman–Crippen MR) is 83.9 cm³/mol. The summed E-state index contributed by atoms with van der Waals surface area (Å²) in [6.07, 6.45) is 0. The van der Waals surface area contributed by atoms with Crippen molar-refractivity contribution in [3.8, 4) is 5.75 Å². The summed E-state index contributed by atoms with van der Waals surface area (Å²) >= 11 is 0. The van der Waals surface area contributed by atoms with E-state index in [1.807, 2.05) is 58.9 Å². The van der Waals surface area contributed by atoms with Crippen LogP contribution in [0.3, 0.4) is 0 Å². The van der Waals surface area contributed by atoms with Crippen LogP contribution in [0.25, 0.3) is 0 Å². The zero-order valence-corrected chi connectivity index (χ0v) is 13.6. The molecule has 1 N–H and O–H groups in total. The Kier molecular flexibility index (Phi) is 4.66. The second-order valence-corrected chi connectivity index (χ2v) is 6.76. The molecule has 0 bridgehead atoms. The lowest BCUT2D eigenvalue weighted by molar-refractivity contribution is 0.00578. The van der Waals surface area contributed by atoms with E-state index in [-0.39, 0.29) is 30.8 Å². The Morgan fingerprint density at radius 2 is 1.62 bits per heavy atom. The monoisotopic (exact) mass is 292 g/mol. The largest absolute Gasteiger partial charge is 0.494 e. The maximum atomic E-state index is 8.99. The highest BCUT2D eigenvalue weighted by atomic mass is 16.7. The van der Waals surface area contributed by atoms with E-state index in [0.29, 0.717) is 6.61 Å². The third kappa shape index (κ3) is 3.60. The van der Waals surface area contributed by atoms with Gasteiger partial charge in [0.05, 0.1) is 17.8 Å². The number of aliphatic hydroxyl groups is 1. The molecule has 1 aromatic carbocycles. The molecular weight excluding hydrogens is 267 g/mol. The van der Waals surface area contributed by atoms with Gasteiger partial charge in [0, 0.05) is 12.5 Å². The smallest absolute Gasteiger partial charge is 0.493 e. The van der Waals surface area contributed by atoms with E-state index in [4.69, 9.17) is 19.2 Å². The summed E-state index contributed by atoms with van der Waals surface area (Å²) in [5.41, 5.74) is 0.323. The minimum Gasteiger partial charge on any atom is -0.493 e. The Morgan fingerprint density at radius 3 is 2.10 bits per heavy atom. The fourth-order valence-corrected chi connectivity index (χ4v) is 1.99. The van der Waals surface area contributed by atoms with Gasteiger partial charge >= 0.3 is 7.12 Å². The van der Waals surface area contributed by atoms with E-state index in [9.17, 15) is 0 Å². The van der Waals surface area contributed by atoms with E-state index in [0.717, 1.165) is 11.2 Å². The third-order valence-electron chi connectivity index (χ3n) is 4.25. The van der Waals surface area contributed by atoms with Gasteiger partial charge in [-0.2, -0.15) is 0 Å². The maximum Gasteiger partial charge on any atom is 0.494 e. The SMILES string of the molecule is CC(CO)COc1ccc(B2OC(C)(C)C(C)(C)O2)cc1. The average Bonchev–Trinajstić information content (AvgIpc) is 2.65. The quantitative estimate of drug-likeness (QED) is 0.843. The molecule has 0 saturated carbocycles. The molecule has 0 aliphatic carbocycles. The minimum absolute atomic E-state index is 0.131. The van der Waals surface area contributed by atoms with E-state index >= 15 is 0 Å². The van der Waals surface area contributed by atoms with Crippen molar-refractivity contribution >= 4 is 12.6 Å². The Bertz CT molecular complexity index is 454. The van der Waals surface area contributed by atoms with Crippen molar-refractivity contribution in [1.29, 1.82) is 0 Å². The van der Waals surface area contributed by atoms with Gasteiger partial charge in [-0.25, -0.2) is 0 Å². The zero-order chi connectivity index (χ0) is 15.7. The summed E-state index contributed by atoms with van der Waals surface area (Å²) < 4.78 is 17.6. The van der Waals surface area contributed by atoms with Gasteiger partial charge in [0.25, 0.3) is 0 Å². The first-order valence-electron chi connectivity index (χ1n) is 7.44. The number of aliphatic hydroxyl groups excluding tert-OH is 1. The Labute approximate surface area is 127 Å². The predicted octanol–water partition coefficient (Wildman–Crippen LogP) is 1.99. The Hall–Kier alpha value is -1.04. The van der Waals surface area contributed by atoms with Crippen molar-refractivity contribution in [2.24, 2.45) is 5.92 Å². The molecule has 2 rings (SSSR count). The van der Waals surface area contributed by atoms with Gasteiger partial charge in [-0.15, -0.1) is 0 Å². The van der Waals surface area contributed by atoms with Gasteiger partial charge in [-0.05, 0) is 45.3 Å². The van der Waals surface area contributed by atoms with Gasteiger partial charge in [-0.3, -0.25) is 0 Å². The molecule has 1 unspecified atom stereocenters. The molecule has 0 aromatic heterocycles. The second kappa shape index (κ2) is 5.99. The summed E-state index contributed by atoms with van der Waals surface area (Å²) in [7, 11) is -0.347. The van der Waals surface area contributed by atoms with Crippen LogP contribution in [-0.2, 0) is 9.31 Å². The highest BCUT2D eigenvalue weighted by Gasteiger charge is 2.51. The minimum atomic E-state index is -0.347. The molecule has 0 spiro atoms. The van der Waals surface area contributed by atoms with Gasteiger partial charge in [0.2, 0.25) is 0 Å². The summed E-state index contributed by atoms with van der Waals surface area (Å²) in [6, 6.07) is 7.73. The van der Waals surface area contributed by atoms with Crippen LogP contribution in [0.15, 0.2) is 24.3 Å². The number of hydrogen-bond donors (Lipinski definition) is 1. The zero-order valence-electron chi connectivity index (χ0n) is 13.6. The first kappa shape index (κ1) is 16.3. The Balaban J connectivity index is 2.00. The normalized spacial score (nSPS) is 21.3. The number of ether oxygens (including phenoxy) is 1. The topological polar surface area (TPSA) is 47.9 Å². The maximum absolute atomic E-state index is 8.99. The van der Waals surface area contributed by atoms with Gasteiger partial charge in [0.15, 0.2) is 0 Å². The molecule has 0 amide bonds. The van der Waals surface area contributed by atoms with Crippen LogP contribution in [0.1, 0.15) is 34.6 Å². The molecule has 1 fully saturated rings. The van der Waals surface area contributed by atoms with Gasteiger partial charge < -0.3 is 19.2 Å². The molecule has 1 heterocycles. The van der Waals surface area contributed by atoms with Crippen LogP contribution in [0.4, 0.5) is 0 Å². The Morgan fingerprint density at radius 1 is 1.10 bits per heavy atom. The van der Waals surface area contributed by atoms with Crippen LogP contribution >= 0.6 is 0 Å². The molecule has 5 heteroatoms. The van der Waals surface area contributed by atoms with Crippen LogP contribution in [0, 0.1) is 5.92 Å². The highest BCUT2D eigenvalue weighted by Crippen LogP contribution is 2.36. The van der Waals surface area contributed by atoms with Crippen molar-refractivity contribution in [3.05, 3.63) is 24.3 Å². The molecular formula is C16H25BO4. The highest BCUT2D eigenvalue weighted by molar-refractivity contribution is 6.62. The molecule has 1 aliphatic rings. The number of rotatable bonds is 5. The number of benzene rings is 1. The van der Waals surface area contributed by atoms with Gasteiger partial charge in [-0.1, -0.05) is 19.1 Å². The summed E-state index contributed by atoms with van der Waals surface area (Å²) in [6.45, 7) is 10.8. The molecule has 1 aromatic rings. The van der Waals surface area contributed by atoms with Crippen molar-refractivity contribution in [2.45, 2.75) is 45.8 Å². The molecule has 21 heavy (non-hydrogen) atoms. The van der Waals surface area contributed by atoms with E-state index in [1.54, 1.807) is 0 Å². The summed E-state index contributed by atoms with van der Waals surface area (Å²) in [5, 5.41) is 8.99. The van der Waals surface area contributed by atoms with E-state index < -0.39 is 0 Å². The van der Waals surface area contributed by atoms with Gasteiger partial charge in [0.1, 0.15) is 5.75 Å². The van der Waals surface area contributed by atoms with Crippen molar-refractivity contribution < 1.29 is 19.2 Å². The lowest BCUT2D eigenvalue weighted by Crippen LogP contribution is -2.41. The van der Waals surface area contributed by atoms with Crippen molar-refractivity contribution in [2.75, 3.05) is 13.2 Å². The average molecular weight is 292 g/mol. The molecule has 0 radical (unpaired) electrons. The first-order valence-corrected chi connectivity index (χ1v) is 7.44.